The maximum absolute atomic E-state index is 12.9. The van der Waals surface area contributed by atoms with Crippen LogP contribution in [0.1, 0.15) is 30.6 Å². The number of benzene rings is 2. The molecule has 0 amide bonds. The Labute approximate surface area is 119 Å². The lowest BCUT2D eigenvalue weighted by Crippen LogP contribution is -2.18. The molecule has 0 saturated carbocycles. The Kier molecular flexibility index (Phi) is 4.74. The topological polar surface area (TPSA) is 23.5 Å². The van der Waals surface area contributed by atoms with Crippen molar-refractivity contribution in [2.45, 2.75) is 26.0 Å². The van der Waals surface area contributed by atoms with Crippen molar-refractivity contribution in [3.05, 3.63) is 65.5 Å². The molecule has 0 fully saturated rings. The molecule has 2 nitrogen and oxygen atoms in total. The summed E-state index contributed by atoms with van der Waals surface area (Å²) in [4.78, 5) is 2.07. The summed E-state index contributed by atoms with van der Waals surface area (Å²) < 4.78 is 12.9. The van der Waals surface area contributed by atoms with E-state index >= 15 is 0 Å². The zero-order valence-electron chi connectivity index (χ0n) is 11.9. The van der Waals surface area contributed by atoms with Gasteiger partial charge in [0.15, 0.2) is 0 Å². The third kappa shape index (κ3) is 3.36. The van der Waals surface area contributed by atoms with Crippen LogP contribution in [0.3, 0.4) is 0 Å². The van der Waals surface area contributed by atoms with Crippen molar-refractivity contribution in [2.24, 2.45) is 0 Å². The highest BCUT2D eigenvalue weighted by Gasteiger charge is 2.13. The molecule has 1 N–H and O–H groups in total. The van der Waals surface area contributed by atoms with Crippen LogP contribution in [0.25, 0.3) is 0 Å². The Morgan fingerprint density at radius 3 is 2.40 bits per heavy atom. The Morgan fingerprint density at radius 2 is 1.75 bits per heavy atom. The number of aliphatic hydroxyl groups excluding tert-OH is 1. The van der Waals surface area contributed by atoms with Crippen molar-refractivity contribution in [2.75, 3.05) is 11.9 Å². The molecule has 2 rings (SSSR count). The first-order valence-electron chi connectivity index (χ1n) is 6.84. The molecular formula is C17H20FNO. The first-order valence-corrected chi connectivity index (χ1v) is 6.84. The van der Waals surface area contributed by atoms with Crippen LogP contribution in [-0.2, 0) is 6.54 Å². The largest absolute Gasteiger partial charge is 0.388 e. The number of hydrogen-bond acceptors (Lipinski definition) is 2. The minimum Gasteiger partial charge on any atom is -0.388 e. The Bertz CT molecular complexity index is 553. The normalized spacial score (nSPS) is 12.2. The van der Waals surface area contributed by atoms with E-state index in [0.29, 0.717) is 13.0 Å². The summed E-state index contributed by atoms with van der Waals surface area (Å²) in [5, 5.41) is 10.1. The fourth-order valence-electron chi connectivity index (χ4n) is 2.29. The molecule has 106 valence electrons. The fourth-order valence-corrected chi connectivity index (χ4v) is 2.29. The van der Waals surface area contributed by atoms with Crippen molar-refractivity contribution >= 4 is 5.69 Å². The van der Waals surface area contributed by atoms with Crippen LogP contribution >= 0.6 is 0 Å². The van der Waals surface area contributed by atoms with Gasteiger partial charge in [-0.1, -0.05) is 37.3 Å². The van der Waals surface area contributed by atoms with Gasteiger partial charge in [0.1, 0.15) is 5.82 Å². The number of aliphatic hydroxyl groups is 1. The summed E-state index contributed by atoms with van der Waals surface area (Å²) in [6.07, 6.45) is 0.225. The number of para-hydroxylation sites is 1. The summed E-state index contributed by atoms with van der Waals surface area (Å²) in [5.41, 5.74) is 2.97. The molecule has 0 aromatic heterocycles. The molecule has 2 aromatic rings. The zero-order valence-corrected chi connectivity index (χ0v) is 11.9. The van der Waals surface area contributed by atoms with Gasteiger partial charge in [-0.05, 0) is 30.2 Å². The number of halogens is 1. The molecule has 0 radical (unpaired) electrons. The Hall–Kier alpha value is -1.87. The van der Waals surface area contributed by atoms with E-state index in [-0.39, 0.29) is 5.82 Å². The molecule has 0 aliphatic rings. The zero-order chi connectivity index (χ0) is 14.5. The lowest BCUT2D eigenvalue weighted by atomic mass is 10.0. The third-order valence-corrected chi connectivity index (χ3v) is 3.43. The van der Waals surface area contributed by atoms with E-state index in [1.54, 1.807) is 12.1 Å². The SMILES string of the molecule is CC[C@@H](O)c1ccccc1N(C)Cc1ccc(F)cc1. The van der Waals surface area contributed by atoms with Crippen LogP contribution in [0, 0.1) is 5.82 Å². The number of rotatable bonds is 5. The van der Waals surface area contributed by atoms with Gasteiger partial charge < -0.3 is 10.0 Å². The Balaban J connectivity index is 2.20. The molecule has 0 heterocycles. The van der Waals surface area contributed by atoms with Crippen LogP contribution in [0.15, 0.2) is 48.5 Å². The lowest BCUT2D eigenvalue weighted by molar-refractivity contribution is 0.174. The molecule has 1 atom stereocenters. The molecule has 0 spiro atoms. The van der Waals surface area contributed by atoms with E-state index in [4.69, 9.17) is 0 Å². The minimum atomic E-state index is -0.457. The molecular weight excluding hydrogens is 253 g/mol. The van der Waals surface area contributed by atoms with Crippen molar-refractivity contribution in [1.82, 2.24) is 0 Å². The number of anilines is 1. The average molecular weight is 273 g/mol. The monoisotopic (exact) mass is 273 g/mol. The summed E-state index contributed by atoms with van der Waals surface area (Å²) >= 11 is 0. The van der Waals surface area contributed by atoms with Gasteiger partial charge in [0.25, 0.3) is 0 Å². The van der Waals surface area contributed by atoms with Crippen molar-refractivity contribution in [3.63, 3.8) is 0 Å². The van der Waals surface area contributed by atoms with Crippen LogP contribution in [0.2, 0.25) is 0 Å². The van der Waals surface area contributed by atoms with Crippen LogP contribution in [0.5, 0.6) is 0 Å². The summed E-state index contributed by atoms with van der Waals surface area (Å²) in [6.45, 7) is 2.63. The number of hydrogen-bond donors (Lipinski definition) is 1. The van der Waals surface area contributed by atoms with E-state index in [9.17, 15) is 9.50 Å². The lowest BCUT2D eigenvalue weighted by Gasteiger charge is -2.24. The molecule has 0 aliphatic carbocycles. The highest BCUT2D eigenvalue weighted by molar-refractivity contribution is 5.54. The summed E-state index contributed by atoms with van der Waals surface area (Å²) in [7, 11) is 1.98. The maximum atomic E-state index is 12.9. The van der Waals surface area contributed by atoms with Gasteiger partial charge >= 0.3 is 0 Å². The first kappa shape index (κ1) is 14.5. The van der Waals surface area contributed by atoms with Gasteiger partial charge in [-0.15, -0.1) is 0 Å². The van der Waals surface area contributed by atoms with E-state index in [2.05, 4.69) is 4.90 Å². The second-order valence-electron chi connectivity index (χ2n) is 4.97. The average Bonchev–Trinajstić information content (AvgIpc) is 2.48. The quantitative estimate of drug-likeness (QED) is 0.893. The number of nitrogens with zero attached hydrogens (tertiary/aromatic N) is 1. The van der Waals surface area contributed by atoms with Crippen molar-refractivity contribution in [3.8, 4) is 0 Å². The molecule has 3 heteroatoms. The van der Waals surface area contributed by atoms with Gasteiger partial charge in [0, 0.05) is 24.8 Å². The highest BCUT2D eigenvalue weighted by Crippen LogP contribution is 2.28. The smallest absolute Gasteiger partial charge is 0.123 e. The van der Waals surface area contributed by atoms with Crippen molar-refractivity contribution in [1.29, 1.82) is 0 Å². The summed E-state index contributed by atoms with van der Waals surface area (Å²) in [6, 6.07) is 14.3. The van der Waals surface area contributed by atoms with Crippen LogP contribution < -0.4 is 4.90 Å². The summed E-state index contributed by atoms with van der Waals surface area (Å²) in [5.74, 6) is -0.224. The molecule has 2 aromatic carbocycles. The van der Waals surface area contributed by atoms with Gasteiger partial charge in [-0.3, -0.25) is 0 Å². The molecule has 0 aliphatic heterocycles. The molecule has 0 saturated heterocycles. The van der Waals surface area contributed by atoms with E-state index in [1.807, 2.05) is 38.2 Å². The second kappa shape index (κ2) is 6.53. The van der Waals surface area contributed by atoms with Gasteiger partial charge in [0.2, 0.25) is 0 Å². The molecule has 0 unspecified atom stereocenters. The Morgan fingerprint density at radius 1 is 1.10 bits per heavy atom. The minimum absolute atomic E-state index is 0.224. The van der Waals surface area contributed by atoms with E-state index in [0.717, 1.165) is 16.8 Å². The van der Waals surface area contributed by atoms with E-state index in [1.165, 1.54) is 12.1 Å². The first-order chi connectivity index (χ1) is 9.61. The van der Waals surface area contributed by atoms with Gasteiger partial charge in [0.05, 0.1) is 6.10 Å². The maximum Gasteiger partial charge on any atom is 0.123 e. The third-order valence-electron chi connectivity index (χ3n) is 3.43. The fraction of sp³-hybridized carbons (Fsp3) is 0.294. The highest BCUT2D eigenvalue weighted by atomic mass is 19.1. The predicted molar refractivity (Wildman–Crippen MR) is 80.2 cm³/mol. The standard InChI is InChI=1S/C17H20FNO/c1-3-17(20)15-6-4-5-7-16(15)19(2)12-13-8-10-14(18)11-9-13/h4-11,17,20H,3,12H2,1-2H3/t17-/m1/s1. The van der Waals surface area contributed by atoms with E-state index < -0.39 is 6.10 Å². The second-order valence-corrected chi connectivity index (χ2v) is 4.97. The van der Waals surface area contributed by atoms with Gasteiger partial charge in [-0.2, -0.15) is 0 Å². The molecule has 0 bridgehead atoms. The van der Waals surface area contributed by atoms with Crippen molar-refractivity contribution < 1.29 is 9.50 Å². The van der Waals surface area contributed by atoms with Crippen LogP contribution in [-0.4, -0.2) is 12.2 Å². The van der Waals surface area contributed by atoms with Gasteiger partial charge in [-0.25, -0.2) is 4.39 Å². The predicted octanol–water partition coefficient (Wildman–Crippen LogP) is 3.91. The van der Waals surface area contributed by atoms with Crippen LogP contribution in [0.4, 0.5) is 10.1 Å². The molecule has 20 heavy (non-hydrogen) atoms.